The van der Waals surface area contributed by atoms with Crippen LogP contribution in [0.15, 0.2) is 11.0 Å². The van der Waals surface area contributed by atoms with Crippen molar-refractivity contribution in [3.8, 4) is 11.8 Å². The molecule has 7 nitrogen and oxygen atoms in total. The van der Waals surface area contributed by atoms with Crippen LogP contribution in [0.2, 0.25) is 0 Å². The maximum atomic E-state index is 11.8. The third-order valence-electron chi connectivity index (χ3n) is 2.99. The molecule has 0 spiro atoms. The van der Waals surface area contributed by atoms with Gasteiger partial charge in [-0.05, 0) is 13.8 Å². The average Bonchev–Trinajstić information content (AvgIpc) is 2.61. The van der Waals surface area contributed by atoms with Crippen LogP contribution < -0.4 is 11.4 Å². The van der Waals surface area contributed by atoms with E-state index in [4.69, 9.17) is 10.5 Å². The number of ether oxygens (including phenoxy) is 1. The molecular formula is C12H15N3O4. The lowest BCUT2D eigenvalue weighted by Gasteiger charge is -2.17. The molecule has 0 aliphatic carbocycles. The zero-order chi connectivity index (χ0) is 14.2. The van der Waals surface area contributed by atoms with E-state index in [0.717, 1.165) is 4.57 Å². The molecule has 2 heterocycles. The van der Waals surface area contributed by atoms with Gasteiger partial charge in [-0.25, -0.2) is 4.79 Å². The largest absolute Gasteiger partial charge is 0.388 e. The molecule has 7 heteroatoms. The summed E-state index contributed by atoms with van der Waals surface area (Å²) < 4.78 is 6.45. The Bertz CT molecular complexity index is 601. The van der Waals surface area contributed by atoms with Gasteiger partial charge in [-0.1, -0.05) is 5.92 Å². The number of aliphatic hydroxyl groups excluding tert-OH is 2. The molecule has 0 amide bonds. The first-order valence-electron chi connectivity index (χ1n) is 5.78. The second-order valence-electron chi connectivity index (χ2n) is 4.32. The van der Waals surface area contributed by atoms with E-state index in [1.54, 1.807) is 13.8 Å². The number of rotatable bonds is 1. The number of nitrogens with two attached hydrogens (primary N) is 1. The van der Waals surface area contributed by atoms with Crippen molar-refractivity contribution in [2.24, 2.45) is 0 Å². The summed E-state index contributed by atoms with van der Waals surface area (Å²) in [5.41, 5.74) is 5.29. The number of hydrogen-bond acceptors (Lipinski definition) is 6. The fourth-order valence-electron chi connectivity index (χ4n) is 1.95. The SMILES string of the molecule is CC#Cc1cn([C@@H]2O[C@H](C)C(O)C2O)c(=O)nc1N. The lowest BCUT2D eigenvalue weighted by molar-refractivity contribution is -0.0350. The van der Waals surface area contributed by atoms with Gasteiger partial charge in [0.25, 0.3) is 0 Å². The van der Waals surface area contributed by atoms with Crippen LogP contribution in [0, 0.1) is 11.8 Å². The average molecular weight is 265 g/mol. The standard InChI is InChI=1S/C12H15N3O4/c1-3-4-7-5-15(12(18)14-10(7)13)11-9(17)8(16)6(2)19-11/h5-6,8-9,11,16-17H,1-2H3,(H2,13,14,18)/t6-,8?,9?,11-/m1/s1. The summed E-state index contributed by atoms with van der Waals surface area (Å²) in [7, 11) is 0. The van der Waals surface area contributed by atoms with Gasteiger partial charge in [0.15, 0.2) is 6.23 Å². The van der Waals surface area contributed by atoms with E-state index in [9.17, 15) is 15.0 Å². The molecule has 4 N–H and O–H groups in total. The van der Waals surface area contributed by atoms with Crippen molar-refractivity contribution >= 4 is 5.82 Å². The lowest BCUT2D eigenvalue weighted by atomic mass is 10.1. The van der Waals surface area contributed by atoms with E-state index >= 15 is 0 Å². The van der Waals surface area contributed by atoms with E-state index in [0.29, 0.717) is 5.56 Å². The number of aliphatic hydroxyl groups is 2. The number of hydrogen-bond donors (Lipinski definition) is 3. The number of aromatic nitrogens is 2. The zero-order valence-corrected chi connectivity index (χ0v) is 10.6. The predicted molar refractivity (Wildman–Crippen MR) is 67.1 cm³/mol. The number of nitrogens with zero attached hydrogens (tertiary/aromatic N) is 2. The fraction of sp³-hybridized carbons (Fsp3) is 0.500. The van der Waals surface area contributed by atoms with Crippen LogP contribution >= 0.6 is 0 Å². The quantitative estimate of drug-likeness (QED) is 0.552. The van der Waals surface area contributed by atoms with Gasteiger partial charge in [0.1, 0.15) is 18.0 Å². The molecule has 102 valence electrons. The maximum absolute atomic E-state index is 11.8. The van der Waals surface area contributed by atoms with Crippen molar-refractivity contribution in [2.75, 3.05) is 5.73 Å². The molecule has 1 saturated heterocycles. The highest BCUT2D eigenvalue weighted by Crippen LogP contribution is 2.28. The fourth-order valence-corrected chi connectivity index (χ4v) is 1.95. The minimum absolute atomic E-state index is 0.0247. The summed E-state index contributed by atoms with van der Waals surface area (Å²) in [4.78, 5) is 15.4. The molecule has 0 saturated carbocycles. The van der Waals surface area contributed by atoms with Gasteiger partial charge in [-0.2, -0.15) is 4.98 Å². The summed E-state index contributed by atoms with van der Waals surface area (Å²) >= 11 is 0. The number of anilines is 1. The van der Waals surface area contributed by atoms with Crippen LogP contribution in [0.1, 0.15) is 25.6 Å². The molecular weight excluding hydrogens is 250 g/mol. The van der Waals surface area contributed by atoms with Gasteiger partial charge >= 0.3 is 5.69 Å². The third kappa shape index (κ3) is 2.33. The highest BCUT2D eigenvalue weighted by Gasteiger charge is 2.41. The van der Waals surface area contributed by atoms with E-state index in [2.05, 4.69) is 16.8 Å². The zero-order valence-electron chi connectivity index (χ0n) is 10.6. The van der Waals surface area contributed by atoms with Gasteiger partial charge in [0.05, 0.1) is 11.7 Å². The smallest absolute Gasteiger partial charge is 0.351 e. The Balaban J connectivity index is 2.48. The molecule has 1 aliphatic rings. The summed E-state index contributed by atoms with van der Waals surface area (Å²) in [6.07, 6.45) is -2.47. The highest BCUT2D eigenvalue weighted by atomic mass is 16.6. The first-order chi connectivity index (χ1) is 8.95. The predicted octanol–water partition coefficient (Wildman–Crippen LogP) is -1.16. The van der Waals surface area contributed by atoms with Crippen molar-refractivity contribution in [1.82, 2.24) is 9.55 Å². The Kier molecular flexibility index (Phi) is 3.57. The first-order valence-corrected chi connectivity index (χ1v) is 5.78. The summed E-state index contributed by atoms with van der Waals surface area (Å²) in [6.45, 7) is 3.23. The van der Waals surface area contributed by atoms with Crippen molar-refractivity contribution in [3.63, 3.8) is 0 Å². The Morgan fingerprint density at radius 1 is 1.47 bits per heavy atom. The van der Waals surface area contributed by atoms with Crippen LogP contribution in [-0.2, 0) is 4.74 Å². The van der Waals surface area contributed by atoms with Gasteiger partial charge in [0.2, 0.25) is 0 Å². The van der Waals surface area contributed by atoms with E-state index in [-0.39, 0.29) is 5.82 Å². The molecule has 0 radical (unpaired) electrons. The normalized spacial score (nSPS) is 29.9. The van der Waals surface area contributed by atoms with Crippen LogP contribution in [0.4, 0.5) is 5.82 Å². The lowest BCUT2D eigenvalue weighted by Crippen LogP contribution is -2.35. The molecule has 0 aromatic carbocycles. The number of nitrogen functional groups attached to an aromatic ring is 1. The minimum atomic E-state index is -1.21. The van der Waals surface area contributed by atoms with Gasteiger partial charge < -0.3 is 20.7 Å². The van der Waals surface area contributed by atoms with Crippen LogP contribution in [0.5, 0.6) is 0 Å². The second kappa shape index (κ2) is 5.01. The van der Waals surface area contributed by atoms with Crippen LogP contribution in [0.3, 0.4) is 0 Å². The summed E-state index contributed by atoms with van der Waals surface area (Å²) in [6, 6.07) is 0. The molecule has 0 bridgehead atoms. The Morgan fingerprint density at radius 3 is 2.68 bits per heavy atom. The third-order valence-corrected chi connectivity index (χ3v) is 2.99. The Morgan fingerprint density at radius 2 is 2.16 bits per heavy atom. The topological polar surface area (TPSA) is 111 Å². The van der Waals surface area contributed by atoms with E-state index in [1.165, 1.54) is 6.20 Å². The summed E-state index contributed by atoms with van der Waals surface area (Å²) in [5.74, 6) is 5.38. The van der Waals surface area contributed by atoms with Crippen molar-refractivity contribution in [1.29, 1.82) is 0 Å². The second-order valence-corrected chi connectivity index (χ2v) is 4.32. The van der Waals surface area contributed by atoms with Crippen molar-refractivity contribution < 1.29 is 14.9 Å². The van der Waals surface area contributed by atoms with E-state index in [1.807, 2.05) is 0 Å². The van der Waals surface area contributed by atoms with Crippen LogP contribution in [-0.4, -0.2) is 38.1 Å². The Hall–Kier alpha value is -1.88. The molecule has 1 aliphatic heterocycles. The maximum Gasteiger partial charge on any atom is 0.351 e. The van der Waals surface area contributed by atoms with E-state index < -0.39 is 30.2 Å². The Labute approximate surface area is 109 Å². The molecule has 2 rings (SSSR count). The summed E-state index contributed by atoms with van der Waals surface area (Å²) in [5, 5.41) is 19.5. The molecule has 1 fully saturated rings. The minimum Gasteiger partial charge on any atom is -0.388 e. The highest BCUT2D eigenvalue weighted by molar-refractivity contribution is 5.48. The van der Waals surface area contributed by atoms with Crippen LogP contribution in [0.25, 0.3) is 0 Å². The monoisotopic (exact) mass is 265 g/mol. The molecule has 19 heavy (non-hydrogen) atoms. The van der Waals surface area contributed by atoms with Gasteiger partial charge in [0, 0.05) is 6.20 Å². The molecule has 4 atom stereocenters. The molecule has 1 aromatic rings. The van der Waals surface area contributed by atoms with Gasteiger partial charge in [-0.15, -0.1) is 5.92 Å². The van der Waals surface area contributed by atoms with Gasteiger partial charge in [-0.3, -0.25) is 4.57 Å². The van der Waals surface area contributed by atoms with Crippen molar-refractivity contribution in [2.45, 2.75) is 38.4 Å². The van der Waals surface area contributed by atoms with Crippen molar-refractivity contribution in [3.05, 3.63) is 22.2 Å². The molecule has 2 unspecified atom stereocenters. The first kappa shape index (κ1) is 13.5. The molecule has 1 aromatic heterocycles.